The number of anilines is 1. The third-order valence-electron chi connectivity index (χ3n) is 7.15. The fourth-order valence-electron chi connectivity index (χ4n) is 4.73. The van der Waals surface area contributed by atoms with Gasteiger partial charge < -0.3 is 29.9 Å². The molecule has 1 saturated heterocycles. The molecule has 2 aromatic carbocycles. The predicted octanol–water partition coefficient (Wildman–Crippen LogP) is 4.31. The van der Waals surface area contributed by atoms with Crippen LogP contribution in [-0.2, 0) is 20.9 Å². The maximum atomic E-state index is 13.5. The van der Waals surface area contributed by atoms with Crippen molar-refractivity contribution in [2.45, 2.75) is 51.1 Å². The van der Waals surface area contributed by atoms with Crippen molar-refractivity contribution in [3.63, 3.8) is 0 Å². The minimum absolute atomic E-state index is 0.0492. The molecule has 0 spiro atoms. The van der Waals surface area contributed by atoms with Crippen molar-refractivity contribution in [2.24, 2.45) is 5.92 Å². The molecule has 10 nitrogen and oxygen atoms in total. The van der Waals surface area contributed by atoms with Crippen LogP contribution < -0.4 is 15.4 Å². The van der Waals surface area contributed by atoms with Gasteiger partial charge in [-0.2, -0.15) is 0 Å². The number of hydrogen-bond acceptors (Lipinski definition) is 6. The highest BCUT2D eigenvalue weighted by Crippen LogP contribution is 2.32. The number of hydrogen-bond donors (Lipinski definition) is 2. The van der Waals surface area contributed by atoms with Gasteiger partial charge in [-0.15, -0.1) is 13.2 Å². The number of amides is 4. The summed E-state index contributed by atoms with van der Waals surface area (Å²) in [6.45, 7) is 1.38. The molecule has 0 bridgehead atoms. The number of nitrogens with zero attached hydrogens (tertiary/aromatic N) is 2. The Morgan fingerprint density at radius 3 is 2.17 bits per heavy atom. The van der Waals surface area contributed by atoms with Crippen LogP contribution >= 0.6 is 0 Å². The first-order chi connectivity index (χ1) is 20.0. The lowest BCUT2D eigenvalue weighted by Crippen LogP contribution is -2.49. The summed E-state index contributed by atoms with van der Waals surface area (Å²) in [5.41, 5.74) is 1.43. The summed E-state index contributed by atoms with van der Waals surface area (Å²) in [5.74, 6) is -0.921. The summed E-state index contributed by atoms with van der Waals surface area (Å²) < 4.78 is 46.0. The standard InChI is InChI=1S/C29H33F3N4O6/c1-41-25(37)12-15-33-26(38)20-4-2-19(3-5-20)18-36(23-13-16-35(17-14-23)27(39)21-6-7-21)28(40)34-22-8-10-24(11-9-22)42-29(30,31)32/h2-5,8-11,21,23H,6-7,12-18H2,1H3,(H,33,38)(H,34,40). The lowest BCUT2D eigenvalue weighted by atomic mass is 10.0. The zero-order valence-corrected chi connectivity index (χ0v) is 23.1. The predicted molar refractivity (Wildman–Crippen MR) is 145 cm³/mol. The maximum absolute atomic E-state index is 13.5. The Bertz CT molecular complexity index is 1260. The van der Waals surface area contributed by atoms with E-state index in [1.807, 2.05) is 4.90 Å². The van der Waals surface area contributed by atoms with Crippen molar-refractivity contribution in [3.05, 3.63) is 59.7 Å². The average molecular weight is 591 g/mol. The molecule has 1 aliphatic heterocycles. The van der Waals surface area contributed by atoms with Gasteiger partial charge in [0.15, 0.2) is 0 Å². The Balaban J connectivity index is 1.42. The van der Waals surface area contributed by atoms with Crippen LogP contribution in [0.15, 0.2) is 48.5 Å². The minimum Gasteiger partial charge on any atom is -0.469 e. The lowest BCUT2D eigenvalue weighted by Gasteiger charge is -2.38. The van der Waals surface area contributed by atoms with Gasteiger partial charge in [0.2, 0.25) is 5.91 Å². The van der Waals surface area contributed by atoms with Gasteiger partial charge in [-0.1, -0.05) is 12.1 Å². The molecule has 2 N–H and O–H groups in total. The zero-order chi connectivity index (χ0) is 30.3. The number of esters is 1. The molecule has 2 fully saturated rings. The highest BCUT2D eigenvalue weighted by Gasteiger charge is 2.36. The Morgan fingerprint density at radius 1 is 0.952 bits per heavy atom. The van der Waals surface area contributed by atoms with Gasteiger partial charge in [0.25, 0.3) is 5.91 Å². The molecule has 4 rings (SSSR count). The second-order valence-electron chi connectivity index (χ2n) is 10.2. The highest BCUT2D eigenvalue weighted by atomic mass is 19.4. The number of likely N-dealkylation sites (tertiary alicyclic amines) is 1. The SMILES string of the molecule is COC(=O)CCNC(=O)c1ccc(CN(C(=O)Nc2ccc(OC(F)(F)F)cc2)C2CCN(C(=O)C3CC3)CC2)cc1. The smallest absolute Gasteiger partial charge is 0.469 e. The van der Waals surface area contributed by atoms with Crippen LogP contribution in [0.5, 0.6) is 5.75 Å². The molecule has 0 radical (unpaired) electrons. The number of benzene rings is 2. The number of piperidine rings is 1. The number of nitrogens with one attached hydrogen (secondary N) is 2. The number of carbonyl (C=O) groups is 4. The summed E-state index contributed by atoms with van der Waals surface area (Å²) in [6, 6.07) is 10.9. The number of urea groups is 1. The molecule has 226 valence electrons. The quantitative estimate of drug-likeness (QED) is 0.399. The van der Waals surface area contributed by atoms with Crippen molar-refractivity contribution in [2.75, 3.05) is 32.1 Å². The number of halogens is 3. The third-order valence-corrected chi connectivity index (χ3v) is 7.15. The van der Waals surface area contributed by atoms with E-state index in [0.29, 0.717) is 37.2 Å². The van der Waals surface area contributed by atoms with Crippen LogP contribution in [0.3, 0.4) is 0 Å². The summed E-state index contributed by atoms with van der Waals surface area (Å²) in [5, 5.41) is 5.39. The zero-order valence-electron chi connectivity index (χ0n) is 23.1. The maximum Gasteiger partial charge on any atom is 0.573 e. The largest absolute Gasteiger partial charge is 0.573 e. The van der Waals surface area contributed by atoms with Crippen LogP contribution in [0.25, 0.3) is 0 Å². The molecule has 0 unspecified atom stereocenters. The van der Waals surface area contributed by atoms with E-state index in [1.165, 1.54) is 19.2 Å². The number of rotatable bonds is 10. The van der Waals surface area contributed by atoms with Crippen LogP contribution in [0.1, 0.15) is 48.0 Å². The van der Waals surface area contributed by atoms with Gasteiger partial charge in [-0.05, 0) is 67.6 Å². The van der Waals surface area contributed by atoms with E-state index < -0.39 is 24.1 Å². The molecule has 42 heavy (non-hydrogen) atoms. The fourth-order valence-corrected chi connectivity index (χ4v) is 4.73. The van der Waals surface area contributed by atoms with Crippen LogP contribution in [0.2, 0.25) is 0 Å². The van der Waals surface area contributed by atoms with Gasteiger partial charge in [0, 0.05) is 49.4 Å². The van der Waals surface area contributed by atoms with Crippen molar-refractivity contribution < 1.29 is 41.8 Å². The Labute approximate surface area is 241 Å². The van der Waals surface area contributed by atoms with Gasteiger partial charge in [0.05, 0.1) is 13.5 Å². The van der Waals surface area contributed by atoms with Crippen molar-refractivity contribution in [1.29, 1.82) is 0 Å². The van der Waals surface area contributed by atoms with Crippen LogP contribution in [-0.4, -0.2) is 72.8 Å². The van der Waals surface area contributed by atoms with Crippen molar-refractivity contribution >= 4 is 29.5 Å². The average Bonchev–Trinajstić information content (AvgIpc) is 3.82. The fraction of sp³-hybridized carbons (Fsp3) is 0.448. The molecule has 13 heteroatoms. The van der Waals surface area contributed by atoms with Crippen LogP contribution in [0.4, 0.5) is 23.7 Å². The molecule has 1 heterocycles. The van der Waals surface area contributed by atoms with Gasteiger partial charge in [0.1, 0.15) is 5.75 Å². The molecule has 4 amide bonds. The second kappa shape index (κ2) is 13.6. The summed E-state index contributed by atoms with van der Waals surface area (Å²) in [7, 11) is 1.27. The molecule has 2 aromatic rings. The molecule has 1 saturated carbocycles. The summed E-state index contributed by atoms with van der Waals surface area (Å²) >= 11 is 0. The normalized spacial score (nSPS) is 15.5. The van der Waals surface area contributed by atoms with Gasteiger partial charge in [-0.25, -0.2) is 4.79 Å². The highest BCUT2D eigenvalue weighted by molar-refractivity contribution is 5.94. The van der Waals surface area contributed by atoms with Crippen molar-refractivity contribution in [1.82, 2.24) is 15.1 Å². The van der Waals surface area contributed by atoms with Gasteiger partial charge in [-0.3, -0.25) is 14.4 Å². The lowest BCUT2D eigenvalue weighted by molar-refractivity contribution is -0.274. The Kier molecular flexibility index (Phi) is 9.92. The molecule has 0 atom stereocenters. The number of carbonyl (C=O) groups excluding carboxylic acids is 4. The van der Waals surface area contributed by atoms with Gasteiger partial charge >= 0.3 is 18.4 Å². The number of alkyl halides is 3. The first kappa shape index (κ1) is 30.7. The van der Waals surface area contributed by atoms with Crippen molar-refractivity contribution in [3.8, 4) is 5.75 Å². The molecule has 0 aromatic heterocycles. The molecular weight excluding hydrogens is 557 g/mol. The van der Waals surface area contributed by atoms with E-state index in [4.69, 9.17) is 0 Å². The first-order valence-corrected chi connectivity index (χ1v) is 13.7. The number of ether oxygens (including phenoxy) is 2. The topological polar surface area (TPSA) is 117 Å². The molecule has 2 aliphatic rings. The third kappa shape index (κ3) is 8.85. The Morgan fingerprint density at radius 2 is 1.60 bits per heavy atom. The van der Waals surface area contributed by atoms with E-state index in [9.17, 15) is 32.3 Å². The number of methoxy groups -OCH3 is 1. The van der Waals surface area contributed by atoms with E-state index in [1.54, 1.807) is 29.2 Å². The van der Waals surface area contributed by atoms with Crippen LogP contribution in [0, 0.1) is 5.92 Å². The molecule has 1 aliphatic carbocycles. The Hall–Kier alpha value is -4.29. The molecular formula is C29H33F3N4O6. The summed E-state index contributed by atoms with van der Waals surface area (Å²) in [4.78, 5) is 53.1. The van der Waals surface area contributed by atoms with E-state index in [2.05, 4.69) is 20.1 Å². The van der Waals surface area contributed by atoms with E-state index in [0.717, 1.165) is 30.5 Å². The van der Waals surface area contributed by atoms with E-state index in [-0.39, 0.29) is 43.3 Å². The minimum atomic E-state index is -4.82. The second-order valence-corrected chi connectivity index (χ2v) is 10.2. The van der Waals surface area contributed by atoms with E-state index >= 15 is 0 Å². The summed E-state index contributed by atoms with van der Waals surface area (Å²) in [6.07, 6.45) is -1.79. The first-order valence-electron chi connectivity index (χ1n) is 13.7. The monoisotopic (exact) mass is 590 g/mol.